The first-order valence-corrected chi connectivity index (χ1v) is 7.89. The molecule has 1 aromatic rings. The Balaban J connectivity index is 1.70. The zero-order valence-electron chi connectivity index (χ0n) is 12.5. The number of Topliss-reactive ketones (excluding diaryl/α,β-unsaturated/α-hetero) is 1. The fourth-order valence-electron chi connectivity index (χ4n) is 3.75. The number of carbonyl (C=O) groups excluding carboxylic acids is 1. The van der Waals surface area contributed by atoms with Crippen molar-refractivity contribution < 1.29 is 9.53 Å². The van der Waals surface area contributed by atoms with E-state index in [1.165, 1.54) is 5.56 Å². The number of ketones is 1. The summed E-state index contributed by atoms with van der Waals surface area (Å²) in [6.07, 6.45) is 3.92. The fourth-order valence-corrected chi connectivity index (χ4v) is 3.75. The average molecular weight is 272 g/mol. The summed E-state index contributed by atoms with van der Waals surface area (Å²) >= 11 is 0. The number of rotatable bonds is 3. The van der Waals surface area contributed by atoms with E-state index in [0.717, 1.165) is 44.0 Å². The van der Waals surface area contributed by atoms with Crippen LogP contribution in [-0.4, -0.2) is 12.4 Å². The van der Waals surface area contributed by atoms with Crippen LogP contribution in [0.15, 0.2) is 24.3 Å². The molecule has 1 aromatic carbocycles. The number of hydrogen-bond acceptors (Lipinski definition) is 2. The van der Waals surface area contributed by atoms with E-state index >= 15 is 0 Å². The third kappa shape index (κ3) is 2.61. The molecule has 3 rings (SSSR count). The largest absolute Gasteiger partial charge is 0.493 e. The van der Waals surface area contributed by atoms with Crippen LogP contribution in [0.1, 0.15) is 51.0 Å². The van der Waals surface area contributed by atoms with Gasteiger partial charge in [0.1, 0.15) is 11.5 Å². The number of carbonyl (C=O) groups is 1. The molecule has 1 aliphatic heterocycles. The van der Waals surface area contributed by atoms with Gasteiger partial charge in [-0.2, -0.15) is 0 Å². The van der Waals surface area contributed by atoms with E-state index in [9.17, 15) is 4.79 Å². The number of fused-ring (bicyclic) bond motifs is 1. The quantitative estimate of drug-likeness (QED) is 0.824. The molecular weight excluding hydrogens is 248 g/mol. The zero-order chi connectivity index (χ0) is 14.1. The number of benzene rings is 1. The zero-order valence-corrected chi connectivity index (χ0v) is 12.5. The van der Waals surface area contributed by atoms with Gasteiger partial charge in [0, 0.05) is 23.8 Å². The van der Waals surface area contributed by atoms with Crippen LogP contribution >= 0.6 is 0 Å². The first-order valence-electron chi connectivity index (χ1n) is 7.89. The van der Waals surface area contributed by atoms with Crippen molar-refractivity contribution in [2.45, 2.75) is 45.4 Å². The third-order valence-corrected chi connectivity index (χ3v) is 5.11. The topological polar surface area (TPSA) is 26.3 Å². The molecule has 1 aliphatic carbocycles. The second-order valence-electron chi connectivity index (χ2n) is 6.72. The standard InChI is InChI=1S/C18H24O2/c1-12(2)13-7-8-17(19)14(9-13)10-15-11-20-18-6-4-3-5-16(15)18/h3-6,12-15H,7-11H2,1-2H3. The molecule has 0 amide bonds. The predicted molar refractivity (Wildman–Crippen MR) is 80.0 cm³/mol. The highest BCUT2D eigenvalue weighted by molar-refractivity contribution is 5.81. The van der Waals surface area contributed by atoms with Gasteiger partial charge in [-0.25, -0.2) is 0 Å². The summed E-state index contributed by atoms with van der Waals surface area (Å²) in [4.78, 5) is 12.2. The maximum atomic E-state index is 12.2. The minimum atomic E-state index is 0.246. The lowest BCUT2D eigenvalue weighted by molar-refractivity contribution is -0.126. The van der Waals surface area contributed by atoms with Crippen molar-refractivity contribution >= 4 is 5.78 Å². The SMILES string of the molecule is CC(C)C1CCC(=O)C(CC2COc3ccccc32)C1. The first-order chi connectivity index (χ1) is 9.65. The molecule has 0 aromatic heterocycles. The van der Waals surface area contributed by atoms with Gasteiger partial charge in [-0.15, -0.1) is 0 Å². The highest BCUT2D eigenvalue weighted by atomic mass is 16.5. The van der Waals surface area contributed by atoms with Crippen molar-refractivity contribution in [1.29, 1.82) is 0 Å². The lowest BCUT2D eigenvalue weighted by Crippen LogP contribution is -2.29. The van der Waals surface area contributed by atoms with Gasteiger partial charge in [-0.3, -0.25) is 4.79 Å². The van der Waals surface area contributed by atoms with Crippen LogP contribution in [0, 0.1) is 17.8 Å². The molecule has 3 atom stereocenters. The van der Waals surface area contributed by atoms with E-state index in [1.807, 2.05) is 12.1 Å². The highest BCUT2D eigenvalue weighted by Crippen LogP contribution is 2.41. The van der Waals surface area contributed by atoms with Gasteiger partial charge in [0.15, 0.2) is 0 Å². The van der Waals surface area contributed by atoms with Gasteiger partial charge in [-0.1, -0.05) is 32.0 Å². The van der Waals surface area contributed by atoms with Crippen LogP contribution in [0.2, 0.25) is 0 Å². The molecule has 0 saturated heterocycles. The van der Waals surface area contributed by atoms with Gasteiger partial charge in [0.25, 0.3) is 0 Å². The van der Waals surface area contributed by atoms with E-state index in [2.05, 4.69) is 26.0 Å². The van der Waals surface area contributed by atoms with E-state index in [1.54, 1.807) is 0 Å². The van der Waals surface area contributed by atoms with Crippen molar-refractivity contribution in [3.63, 3.8) is 0 Å². The van der Waals surface area contributed by atoms with Gasteiger partial charge in [-0.05, 0) is 37.2 Å². The molecule has 1 heterocycles. The second kappa shape index (κ2) is 5.59. The molecule has 2 aliphatic rings. The van der Waals surface area contributed by atoms with Crippen molar-refractivity contribution in [3.8, 4) is 5.75 Å². The van der Waals surface area contributed by atoms with Crippen molar-refractivity contribution in [2.75, 3.05) is 6.61 Å². The third-order valence-electron chi connectivity index (χ3n) is 5.11. The van der Waals surface area contributed by atoms with E-state index in [4.69, 9.17) is 4.74 Å². The Hall–Kier alpha value is -1.31. The molecule has 1 saturated carbocycles. The molecule has 108 valence electrons. The monoisotopic (exact) mass is 272 g/mol. The smallest absolute Gasteiger partial charge is 0.136 e. The highest BCUT2D eigenvalue weighted by Gasteiger charge is 2.34. The number of para-hydroxylation sites is 1. The second-order valence-corrected chi connectivity index (χ2v) is 6.72. The lowest BCUT2D eigenvalue weighted by atomic mass is 9.72. The van der Waals surface area contributed by atoms with Crippen LogP contribution < -0.4 is 4.74 Å². The van der Waals surface area contributed by atoms with E-state index < -0.39 is 0 Å². The fraction of sp³-hybridized carbons (Fsp3) is 0.611. The summed E-state index contributed by atoms with van der Waals surface area (Å²) in [6.45, 7) is 5.31. The van der Waals surface area contributed by atoms with Gasteiger partial charge in [0.2, 0.25) is 0 Å². The minimum absolute atomic E-state index is 0.246. The molecule has 20 heavy (non-hydrogen) atoms. The Morgan fingerprint density at radius 1 is 1.25 bits per heavy atom. The van der Waals surface area contributed by atoms with Gasteiger partial charge >= 0.3 is 0 Å². The Morgan fingerprint density at radius 3 is 2.85 bits per heavy atom. The summed E-state index contributed by atoms with van der Waals surface area (Å²) in [5.41, 5.74) is 1.30. The van der Waals surface area contributed by atoms with Gasteiger partial charge in [0.05, 0.1) is 6.61 Å². The average Bonchev–Trinajstić information content (AvgIpc) is 2.84. The van der Waals surface area contributed by atoms with Crippen LogP contribution in [0.25, 0.3) is 0 Å². The predicted octanol–water partition coefficient (Wildman–Crippen LogP) is 4.19. The Kier molecular flexibility index (Phi) is 3.82. The maximum absolute atomic E-state index is 12.2. The summed E-state index contributed by atoms with van der Waals surface area (Å²) in [5.74, 6) is 3.56. The molecular formula is C18H24O2. The lowest BCUT2D eigenvalue weighted by Gasteiger charge is -2.31. The van der Waals surface area contributed by atoms with Crippen LogP contribution in [0.5, 0.6) is 5.75 Å². The van der Waals surface area contributed by atoms with Crippen molar-refractivity contribution in [1.82, 2.24) is 0 Å². The maximum Gasteiger partial charge on any atom is 0.136 e. The van der Waals surface area contributed by atoms with E-state index in [-0.39, 0.29) is 5.92 Å². The van der Waals surface area contributed by atoms with Crippen LogP contribution in [0.3, 0.4) is 0 Å². The number of hydrogen-bond donors (Lipinski definition) is 0. The Morgan fingerprint density at radius 2 is 2.05 bits per heavy atom. The molecule has 2 heteroatoms. The van der Waals surface area contributed by atoms with Gasteiger partial charge < -0.3 is 4.74 Å². The molecule has 0 N–H and O–H groups in total. The molecule has 0 spiro atoms. The summed E-state index contributed by atoms with van der Waals surface area (Å²) in [7, 11) is 0. The molecule has 2 nitrogen and oxygen atoms in total. The van der Waals surface area contributed by atoms with E-state index in [0.29, 0.717) is 17.6 Å². The van der Waals surface area contributed by atoms with Crippen LogP contribution in [-0.2, 0) is 4.79 Å². The Bertz CT molecular complexity index is 492. The summed E-state index contributed by atoms with van der Waals surface area (Å²) in [6, 6.07) is 8.27. The molecule has 0 radical (unpaired) electrons. The summed E-state index contributed by atoms with van der Waals surface area (Å²) < 4.78 is 5.75. The van der Waals surface area contributed by atoms with Crippen molar-refractivity contribution in [2.24, 2.45) is 17.8 Å². The first kappa shape index (κ1) is 13.7. The van der Waals surface area contributed by atoms with Crippen molar-refractivity contribution in [3.05, 3.63) is 29.8 Å². The summed E-state index contributed by atoms with van der Waals surface area (Å²) in [5, 5.41) is 0. The Labute approximate surface area is 121 Å². The molecule has 1 fully saturated rings. The van der Waals surface area contributed by atoms with Crippen LogP contribution in [0.4, 0.5) is 0 Å². The minimum Gasteiger partial charge on any atom is -0.493 e. The number of ether oxygens (including phenoxy) is 1. The normalized spacial score (nSPS) is 29.4. The molecule has 0 bridgehead atoms. The molecule has 3 unspecified atom stereocenters.